The van der Waals surface area contributed by atoms with Gasteiger partial charge in [0.05, 0.1) is 5.92 Å². The van der Waals surface area contributed by atoms with E-state index < -0.39 is 50.4 Å². The number of hydrogen-bond donors (Lipinski definition) is 2. The highest BCUT2D eigenvalue weighted by atomic mass is 32.2. The summed E-state index contributed by atoms with van der Waals surface area (Å²) >= 11 is 0. The molecule has 0 aromatic heterocycles. The maximum atomic E-state index is 13.9. The molecule has 0 bridgehead atoms. The predicted octanol–water partition coefficient (Wildman–Crippen LogP) is 0.495. The van der Waals surface area contributed by atoms with Gasteiger partial charge in [0.25, 0.3) is 0 Å². The van der Waals surface area contributed by atoms with E-state index in [1.807, 2.05) is 0 Å². The van der Waals surface area contributed by atoms with Crippen molar-refractivity contribution in [3.05, 3.63) is 29.3 Å². The van der Waals surface area contributed by atoms with Crippen LogP contribution >= 0.6 is 0 Å². The molecule has 1 aromatic rings. The molecular formula is C10H11F2NO4S. The fourth-order valence-corrected chi connectivity index (χ4v) is 2.24. The van der Waals surface area contributed by atoms with E-state index in [9.17, 15) is 22.0 Å². The number of rotatable bonds is 4. The summed E-state index contributed by atoms with van der Waals surface area (Å²) in [6.45, 7) is -0.473. The third kappa shape index (κ3) is 2.82. The quantitative estimate of drug-likeness (QED) is 0.836. The number of benzene rings is 1. The molecule has 0 amide bonds. The zero-order valence-corrected chi connectivity index (χ0v) is 10.2. The lowest BCUT2D eigenvalue weighted by Crippen LogP contribution is -2.23. The van der Waals surface area contributed by atoms with Crippen molar-refractivity contribution < 1.29 is 27.1 Å². The number of nitrogens with two attached hydrogens (primary N) is 1. The number of hydrogen-bond acceptors (Lipinski definition) is 4. The summed E-state index contributed by atoms with van der Waals surface area (Å²) in [7, 11) is -3.99. The van der Waals surface area contributed by atoms with Gasteiger partial charge in [-0.15, -0.1) is 0 Å². The Bertz CT molecular complexity index is 586. The van der Waals surface area contributed by atoms with Crippen LogP contribution in [0.5, 0.6) is 0 Å². The lowest BCUT2D eigenvalue weighted by atomic mass is 9.99. The van der Waals surface area contributed by atoms with E-state index >= 15 is 0 Å². The summed E-state index contributed by atoms with van der Waals surface area (Å²) in [5.74, 6) is -5.27. The van der Waals surface area contributed by atoms with E-state index in [4.69, 9.17) is 10.8 Å². The number of aliphatic carboxylic acids is 1. The zero-order valence-electron chi connectivity index (χ0n) is 9.35. The highest BCUT2D eigenvalue weighted by Crippen LogP contribution is 2.26. The third-order valence-electron chi connectivity index (χ3n) is 2.34. The van der Waals surface area contributed by atoms with Gasteiger partial charge in [-0.3, -0.25) is 4.79 Å². The first-order chi connectivity index (χ1) is 8.18. The van der Waals surface area contributed by atoms with Crippen molar-refractivity contribution in [2.45, 2.75) is 10.8 Å². The van der Waals surface area contributed by atoms with Gasteiger partial charge in [-0.05, 0) is 12.1 Å². The predicted molar refractivity (Wildman–Crippen MR) is 58.9 cm³/mol. The molecule has 0 fully saturated rings. The Morgan fingerprint density at radius 3 is 2.39 bits per heavy atom. The van der Waals surface area contributed by atoms with Crippen LogP contribution in [0.25, 0.3) is 0 Å². The average Bonchev–Trinajstić information content (AvgIpc) is 2.21. The smallest absolute Gasteiger partial charge is 0.312 e. The molecule has 8 heteroatoms. The molecule has 1 rings (SSSR count). The number of carboxylic acids is 1. The van der Waals surface area contributed by atoms with Crippen molar-refractivity contribution in [1.82, 2.24) is 0 Å². The molecule has 3 N–H and O–H groups in total. The van der Waals surface area contributed by atoms with Gasteiger partial charge in [-0.25, -0.2) is 17.2 Å². The molecule has 0 aliphatic rings. The van der Waals surface area contributed by atoms with E-state index in [2.05, 4.69) is 0 Å². The summed E-state index contributed by atoms with van der Waals surface area (Å²) in [4.78, 5) is 9.96. The highest BCUT2D eigenvalue weighted by Gasteiger charge is 2.27. The SMILES string of the molecule is CS(=O)(=O)c1cc(F)cc(C(CN)C(=O)O)c1F. The molecule has 0 saturated heterocycles. The molecular weight excluding hydrogens is 268 g/mol. The topological polar surface area (TPSA) is 97.5 Å². The van der Waals surface area contributed by atoms with Crippen LogP contribution in [0.4, 0.5) is 8.78 Å². The lowest BCUT2D eigenvalue weighted by Gasteiger charge is -2.13. The number of carbonyl (C=O) groups is 1. The first-order valence-corrected chi connectivity index (χ1v) is 6.69. The Labute approximate surface area is 102 Å². The van der Waals surface area contributed by atoms with Gasteiger partial charge in [-0.2, -0.15) is 0 Å². The van der Waals surface area contributed by atoms with Crippen LogP contribution in [-0.4, -0.2) is 32.3 Å². The van der Waals surface area contributed by atoms with Crippen molar-refractivity contribution >= 4 is 15.8 Å². The van der Waals surface area contributed by atoms with E-state index in [0.29, 0.717) is 18.4 Å². The zero-order chi connectivity index (χ0) is 14.1. The molecule has 0 heterocycles. The normalized spacial score (nSPS) is 13.3. The maximum Gasteiger partial charge on any atom is 0.312 e. The first kappa shape index (κ1) is 14.5. The molecule has 0 spiro atoms. The standard InChI is InChI=1S/C10H11F2NO4S/c1-18(16,17)8-3-5(11)2-6(9(8)12)7(4-13)10(14)15/h2-3,7H,4,13H2,1H3,(H,14,15). The van der Waals surface area contributed by atoms with Crippen LogP contribution < -0.4 is 5.73 Å². The molecule has 5 nitrogen and oxygen atoms in total. The number of sulfone groups is 1. The average molecular weight is 279 g/mol. The minimum Gasteiger partial charge on any atom is -0.481 e. The van der Waals surface area contributed by atoms with Gasteiger partial charge < -0.3 is 10.8 Å². The monoisotopic (exact) mass is 279 g/mol. The second kappa shape index (κ2) is 4.99. The van der Waals surface area contributed by atoms with Gasteiger partial charge in [0.2, 0.25) is 0 Å². The largest absolute Gasteiger partial charge is 0.481 e. The van der Waals surface area contributed by atoms with Crippen LogP contribution in [0.3, 0.4) is 0 Å². The number of halogens is 2. The Kier molecular flexibility index (Phi) is 4.02. The minimum atomic E-state index is -3.99. The second-order valence-electron chi connectivity index (χ2n) is 3.71. The molecule has 1 unspecified atom stereocenters. The van der Waals surface area contributed by atoms with Crippen LogP contribution in [0.1, 0.15) is 11.5 Å². The molecule has 0 radical (unpaired) electrons. The van der Waals surface area contributed by atoms with E-state index in [-0.39, 0.29) is 0 Å². The van der Waals surface area contributed by atoms with Crippen LogP contribution in [-0.2, 0) is 14.6 Å². The summed E-state index contributed by atoms with van der Waals surface area (Å²) < 4.78 is 49.6. The molecule has 0 saturated carbocycles. The van der Waals surface area contributed by atoms with Gasteiger partial charge in [0, 0.05) is 18.4 Å². The lowest BCUT2D eigenvalue weighted by molar-refractivity contribution is -0.138. The highest BCUT2D eigenvalue weighted by molar-refractivity contribution is 7.90. The van der Waals surface area contributed by atoms with Crippen molar-refractivity contribution in [1.29, 1.82) is 0 Å². The van der Waals surface area contributed by atoms with Gasteiger partial charge in [0.1, 0.15) is 16.5 Å². The summed E-state index contributed by atoms with van der Waals surface area (Å²) in [5.41, 5.74) is 4.59. The molecule has 0 aliphatic carbocycles. The fourth-order valence-electron chi connectivity index (χ4n) is 1.47. The molecule has 0 aliphatic heterocycles. The first-order valence-electron chi connectivity index (χ1n) is 4.80. The van der Waals surface area contributed by atoms with Crippen LogP contribution in [0, 0.1) is 11.6 Å². The second-order valence-corrected chi connectivity index (χ2v) is 5.69. The fraction of sp³-hybridized carbons (Fsp3) is 0.300. The Balaban J connectivity index is 3.57. The van der Waals surface area contributed by atoms with Gasteiger partial charge in [-0.1, -0.05) is 0 Å². The Hall–Kier alpha value is -1.54. The Morgan fingerprint density at radius 2 is 2.00 bits per heavy atom. The van der Waals surface area contributed by atoms with Crippen molar-refractivity contribution in [3.63, 3.8) is 0 Å². The van der Waals surface area contributed by atoms with Crippen molar-refractivity contribution in [2.75, 3.05) is 12.8 Å². The molecule has 1 atom stereocenters. The van der Waals surface area contributed by atoms with Crippen molar-refractivity contribution in [3.8, 4) is 0 Å². The van der Waals surface area contributed by atoms with Gasteiger partial charge >= 0.3 is 5.97 Å². The van der Waals surface area contributed by atoms with E-state index in [0.717, 1.165) is 0 Å². The van der Waals surface area contributed by atoms with E-state index in [1.54, 1.807) is 0 Å². The Morgan fingerprint density at radius 1 is 1.44 bits per heavy atom. The summed E-state index contributed by atoms with van der Waals surface area (Å²) in [6.07, 6.45) is 0.701. The van der Waals surface area contributed by atoms with Crippen LogP contribution in [0.2, 0.25) is 0 Å². The molecule has 1 aromatic carbocycles. The van der Waals surface area contributed by atoms with Crippen molar-refractivity contribution in [2.24, 2.45) is 5.73 Å². The molecule has 100 valence electrons. The van der Waals surface area contributed by atoms with Gasteiger partial charge in [0.15, 0.2) is 9.84 Å². The summed E-state index contributed by atoms with van der Waals surface area (Å²) in [6, 6.07) is 1.14. The molecule has 18 heavy (non-hydrogen) atoms. The van der Waals surface area contributed by atoms with E-state index in [1.165, 1.54) is 0 Å². The van der Waals surface area contributed by atoms with Crippen LogP contribution in [0.15, 0.2) is 17.0 Å². The third-order valence-corrected chi connectivity index (χ3v) is 3.44. The number of carboxylic acid groups (broad SMARTS) is 1. The minimum absolute atomic E-state index is 0.473. The maximum absolute atomic E-state index is 13.9. The summed E-state index contributed by atoms with van der Waals surface area (Å²) in [5, 5.41) is 8.82.